The summed E-state index contributed by atoms with van der Waals surface area (Å²) in [5.41, 5.74) is 0.460. The van der Waals surface area contributed by atoms with Crippen LogP contribution in [-0.4, -0.2) is 38.7 Å². The van der Waals surface area contributed by atoms with Crippen LogP contribution in [0.5, 0.6) is 11.5 Å². The van der Waals surface area contributed by atoms with Crippen molar-refractivity contribution in [3.05, 3.63) is 30.9 Å². The van der Waals surface area contributed by atoms with E-state index in [1.165, 1.54) is 25.1 Å². The number of aromatic hydroxyl groups is 1. The lowest BCUT2D eigenvalue weighted by atomic mass is 10.1. The van der Waals surface area contributed by atoms with Crippen LogP contribution in [0.2, 0.25) is 0 Å². The first kappa shape index (κ1) is 20.6. The molecule has 1 heterocycles. The van der Waals surface area contributed by atoms with Crippen LogP contribution in [0.25, 0.3) is 11.4 Å². The van der Waals surface area contributed by atoms with Crippen molar-refractivity contribution in [2.75, 3.05) is 6.61 Å². The molecule has 1 unspecified atom stereocenters. The SMILES string of the molecule is CC(C)CCCCCOC(=O)C(C)Oc1ccc(-c2ncncn2)c(O)c1. The number of aromatic nitrogens is 3. The topological polar surface area (TPSA) is 94.4 Å². The zero-order chi connectivity index (χ0) is 19.6. The third-order valence-electron chi connectivity index (χ3n) is 4.02. The fraction of sp³-hybridized carbons (Fsp3) is 0.500. The molecule has 0 radical (unpaired) electrons. The van der Waals surface area contributed by atoms with E-state index in [4.69, 9.17) is 9.47 Å². The first-order valence-corrected chi connectivity index (χ1v) is 9.26. The Balaban J connectivity index is 1.80. The molecule has 2 rings (SSSR count). The Morgan fingerprint density at radius 2 is 1.85 bits per heavy atom. The van der Waals surface area contributed by atoms with E-state index in [2.05, 4.69) is 28.8 Å². The minimum absolute atomic E-state index is 0.0376. The molecule has 1 N–H and O–H groups in total. The van der Waals surface area contributed by atoms with Crippen molar-refractivity contribution in [3.8, 4) is 22.9 Å². The zero-order valence-corrected chi connectivity index (χ0v) is 16.1. The van der Waals surface area contributed by atoms with Crippen LogP contribution in [0.1, 0.15) is 46.5 Å². The summed E-state index contributed by atoms with van der Waals surface area (Å²) in [6.45, 7) is 6.42. The van der Waals surface area contributed by atoms with Gasteiger partial charge in [-0.3, -0.25) is 0 Å². The Morgan fingerprint density at radius 1 is 1.11 bits per heavy atom. The number of hydrogen-bond donors (Lipinski definition) is 1. The van der Waals surface area contributed by atoms with Gasteiger partial charge in [0, 0.05) is 6.07 Å². The summed E-state index contributed by atoms with van der Waals surface area (Å²) in [5.74, 6) is 0.976. The number of benzene rings is 1. The van der Waals surface area contributed by atoms with Gasteiger partial charge in [0.05, 0.1) is 12.2 Å². The monoisotopic (exact) mass is 373 g/mol. The average molecular weight is 373 g/mol. The molecule has 2 aromatic rings. The quantitative estimate of drug-likeness (QED) is 0.500. The van der Waals surface area contributed by atoms with Gasteiger partial charge >= 0.3 is 5.97 Å². The molecule has 0 aliphatic heterocycles. The summed E-state index contributed by atoms with van der Waals surface area (Å²) in [4.78, 5) is 23.8. The molecule has 1 aromatic carbocycles. The predicted octanol–water partition coefficient (Wildman–Crippen LogP) is 3.77. The van der Waals surface area contributed by atoms with E-state index in [0.717, 1.165) is 19.3 Å². The molecule has 0 saturated carbocycles. The van der Waals surface area contributed by atoms with Gasteiger partial charge in [0.1, 0.15) is 24.2 Å². The highest BCUT2D eigenvalue weighted by Gasteiger charge is 2.17. The average Bonchev–Trinajstić information content (AvgIpc) is 2.65. The molecule has 0 bridgehead atoms. The summed E-state index contributed by atoms with van der Waals surface area (Å²) in [5, 5.41) is 10.2. The number of carbonyl (C=O) groups excluding carboxylic acids is 1. The highest BCUT2D eigenvalue weighted by Crippen LogP contribution is 2.30. The van der Waals surface area contributed by atoms with Crippen molar-refractivity contribution < 1.29 is 19.4 Å². The summed E-state index contributed by atoms with van der Waals surface area (Å²) in [7, 11) is 0. The first-order chi connectivity index (χ1) is 13.0. The van der Waals surface area contributed by atoms with Crippen molar-refractivity contribution in [3.63, 3.8) is 0 Å². The predicted molar refractivity (Wildman–Crippen MR) is 101 cm³/mol. The molecule has 7 nitrogen and oxygen atoms in total. The van der Waals surface area contributed by atoms with Crippen molar-refractivity contribution in [2.24, 2.45) is 5.92 Å². The lowest BCUT2D eigenvalue weighted by Gasteiger charge is -2.15. The van der Waals surface area contributed by atoms with Crippen molar-refractivity contribution in [1.82, 2.24) is 15.0 Å². The van der Waals surface area contributed by atoms with Crippen molar-refractivity contribution >= 4 is 5.97 Å². The maximum atomic E-state index is 12.0. The normalized spacial score (nSPS) is 12.0. The largest absolute Gasteiger partial charge is 0.507 e. The molecular formula is C20H27N3O4. The van der Waals surface area contributed by atoms with Crippen LogP contribution in [0, 0.1) is 5.92 Å². The molecule has 1 aromatic heterocycles. The van der Waals surface area contributed by atoms with Gasteiger partial charge in [-0.05, 0) is 31.4 Å². The second-order valence-corrected chi connectivity index (χ2v) is 6.81. The van der Waals surface area contributed by atoms with E-state index in [0.29, 0.717) is 29.7 Å². The number of nitrogens with zero attached hydrogens (tertiary/aromatic N) is 3. The summed E-state index contributed by atoms with van der Waals surface area (Å²) in [6, 6.07) is 4.70. The number of ether oxygens (including phenoxy) is 2. The molecule has 0 saturated heterocycles. The van der Waals surface area contributed by atoms with Gasteiger partial charge in [0.15, 0.2) is 11.9 Å². The molecule has 0 amide bonds. The summed E-state index contributed by atoms with van der Waals surface area (Å²) < 4.78 is 10.8. The maximum Gasteiger partial charge on any atom is 0.347 e. The van der Waals surface area contributed by atoms with E-state index in [9.17, 15) is 9.90 Å². The molecule has 1 atom stereocenters. The van der Waals surface area contributed by atoms with Gasteiger partial charge in [-0.1, -0.05) is 33.1 Å². The van der Waals surface area contributed by atoms with E-state index in [1.54, 1.807) is 19.1 Å². The van der Waals surface area contributed by atoms with Crippen LogP contribution in [0.4, 0.5) is 0 Å². The van der Waals surface area contributed by atoms with Gasteiger partial charge in [-0.2, -0.15) is 0 Å². The van der Waals surface area contributed by atoms with E-state index >= 15 is 0 Å². The fourth-order valence-electron chi connectivity index (χ4n) is 2.53. The molecule has 27 heavy (non-hydrogen) atoms. The Bertz CT molecular complexity index is 722. The number of unbranched alkanes of at least 4 members (excludes halogenated alkanes) is 2. The smallest absolute Gasteiger partial charge is 0.347 e. The second kappa shape index (κ2) is 10.4. The number of hydrogen-bond acceptors (Lipinski definition) is 7. The lowest BCUT2D eigenvalue weighted by Crippen LogP contribution is -2.26. The highest BCUT2D eigenvalue weighted by atomic mass is 16.6. The maximum absolute atomic E-state index is 12.0. The van der Waals surface area contributed by atoms with E-state index in [1.807, 2.05) is 0 Å². The molecular weight excluding hydrogens is 346 g/mol. The van der Waals surface area contributed by atoms with Crippen LogP contribution in [0.15, 0.2) is 30.9 Å². The van der Waals surface area contributed by atoms with E-state index < -0.39 is 12.1 Å². The number of rotatable bonds is 10. The first-order valence-electron chi connectivity index (χ1n) is 9.26. The molecule has 0 aliphatic rings. The van der Waals surface area contributed by atoms with Crippen molar-refractivity contribution in [2.45, 2.75) is 52.6 Å². The van der Waals surface area contributed by atoms with Crippen LogP contribution < -0.4 is 4.74 Å². The number of esters is 1. The Kier molecular flexibility index (Phi) is 7.98. The standard InChI is InChI=1S/C20H27N3O4/c1-14(2)7-5-4-6-10-26-20(25)15(3)27-16-8-9-17(18(24)11-16)19-22-12-21-13-23-19/h8-9,11-15,24H,4-7,10H2,1-3H3. The van der Waals surface area contributed by atoms with Gasteiger partial charge in [0.25, 0.3) is 0 Å². The third-order valence-corrected chi connectivity index (χ3v) is 4.02. The van der Waals surface area contributed by atoms with Gasteiger partial charge in [-0.25, -0.2) is 19.7 Å². The Labute approximate surface area is 159 Å². The number of phenolic OH excluding ortho intramolecular Hbond substituents is 1. The molecule has 0 spiro atoms. The lowest BCUT2D eigenvalue weighted by molar-refractivity contribution is -0.151. The van der Waals surface area contributed by atoms with Gasteiger partial charge < -0.3 is 14.6 Å². The van der Waals surface area contributed by atoms with Crippen LogP contribution in [0.3, 0.4) is 0 Å². The van der Waals surface area contributed by atoms with Crippen LogP contribution >= 0.6 is 0 Å². The second-order valence-electron chi connectivity index (χ2n) is 6.81. The molecule has 7 heteroatoms. The summed E-state index contributed by atoms with van der Waals surface area (Å²) >= 11 is 0. The highest BCUT2D eigenvalue weighted by molar-refractivity contribution is 5.74. The fourth-order valence-corrected chi connectivity index (χ4v) is 2.53. The third kappa shape index (κ3) is 6.84. The van der Waals surface area contributed by atoms with Crippen LogP contribution in [-0.2, 0) is 9.53 Å². The minimum Gasteiger partial charge on any atom is -0.507 e. The van der Waals surface area contributed by atoms with Gasteiger partial charge in [-0.15, -0.1) is 0 Å². The zero-order valence-electron chi connectivity index (χ0n) is 16.1. The van der Waals surface area contributed by atoms with Crippen molar-refractivity contribution in [1.29, 1.82) is 0 Å². The van der Waals surface area contributed by atoms with Gasteiger partial charge in [0.2, 0.25) is 0 Å². The molecule has 0 aliphatic carbocycles. The number of phenols is 1. The number of carbonyl (C=O) groups is 1. The minimum atomic E-state index is -0.761. The Morgan fingerprint density at radius 3 is 2.52 bits per heavy atom. The van der Waals surface area contributed by atoms with E-state index in [-0.39, 0.29) is 5.75 Å². The Hall–Kier alpha value is -2.70. The molecule has 0 fully saturated rings. The molecule has 146 valence electrons. The summed E-state index contributed by atoms with van der Waals surface area (Å²) in [6.07, 6.45) is 6.19.